The molecule has 6 heteroatoms. The zero-order chi connectivity index (χ0) is 19.1. The van der Waals surface area contributed by atoms with Crippen LogP contribution >= 0.6 is 23.2 Å². The molecule has 0 atom stereocenters. The lowest BCUT2D eigenvalue weighted by Crippen LogP contribution is -2.12. The summed E-state index contributed by atoms with van der Waals surface area (Å²) in [5.41, 5.74) is 6.17. The fourth-order valence-electron chi connectivity index (χ4n) is 3.80. The summed E-state index contributed by atoms with van der Waals surface area (Å²) >= 11 is 12.9. The Bertz CT molecular complexity index is 1230. The fourth-order valence-corrected chi connectivity index (χ4v) is 4.22. The molecule has 0 saturated heterocycles. The number of nitrogens with zero attached hydrogens (tertiary/aromatic N) is 4. The SMILES string of the molecule is Clc1ccccc1/C=C1\CCCc2c1nc1ncnn1c2-c1ccccc1Cl. The van der Waals surface area contributed by atoms with Gasteiger partial charge >= 0.3 is 0 Å². The highest BCUT2D eigenvalue weighted by atomic mass is 35.5. The van der Waals surface area contributed by atoms with Crippen LogP contribution in [-0.2, 0) is 6.42 Å². The van der Waals surface area contributed by atoms with Crippen LogP contribution in [-0.4, -0.2) is 19.6 Å². The maximum Gasteiger partial charge on any atom is 0.253 e. The van der Waals surface area contributed by atoms with Crippen LogP contribution in [0.25, 0.3) is 28.7 Å². The van der Waals surface area contributed by atoms with Crippen molar-refractivity contribution >= 4 is 40.6 Å². The normalized spacial score (nSPS) is 15.1. The Kier molecular flexibility index (Phi) is 4.38. The van der Waals surface area contributed by atoms with E-state index >= 15 is 0 Å². The van der Waals surface area contributed by atoms with Gasteiger partial charge in [-0.15, -0.1) is 0 Å². The first-order valence-corrected chi connectivity index (χ1v) is 9.91. The highest BCUT2D eigenvalue weighted by molar-refractivity contribution is 6.33. The Labute approximate surface area is 172 Å². The summed E-state index contributed by atoms with van der Waals surface area (Å²) in [7, 11) is 0. The number of hydrogen-bond acceptors (Lipinski definition) is 3. The average molecular weight is 407 g/mol. The number of halogens is 2. The van der Waals surface area contributed by atoms with Gasteiger partial charge in [0.2, 0.25) is 0 Å². The second-order valence-electron chi connectivity index (χ2n) is 6.78. The molecule has 1 aliphatic carbocycles. The van der Waals surface area contributed by atoms with Crippen LogP contribution in [0.2, 0.25) is 10.0 Å². The summed E-state index contributed by atoms with van der Waals surface area (Å²) in [4.78, 5) is 9.18. The van der Waals surface area contributed by atoms with E-state index in [1.807, 2.05) is 48.5 Å². The van der Waals surface area contributed by atoms with E-state index in [-0.39, 0.29) is 0 Å². The molecule has 2 aromatic heterocycles. The molecule has 0 saturated carbocycles. The van der Waals surface area contributed by atoms with E-state index in [0.717, 1.165) is 57.9 Å². The quantitative estimate of drug-likeness (QED) is 0.411. The lowest BCUT2D eigenvalue weighted by atomic mass is 9.87. The fraction of sp³-hybridized carbons (Fsp3) is 0.136. The van der Waals surface area contributed by atoms with Crippen molar-refractivity contribution in [1.29, 1.82) is 0 Å². The molecule has 0 amide bonds. The molecule has 0 N–H and O–H groups in total. The maximum absolute atomic E-state index is 6.54. The molecule has 138 valence electrons. The number of rotatable bonds is 2. The molecule has 1 aliphatic rings. The first kappa shape index (κ1) is 17.4. The number of benzene rings is 2. The zero-order valence-electron chi connectivity index (χ0n) is 14.9. The highest BCUT2D eigenvalue weighted by Gasteiger charge is 2.24. The van der Waals surface area contributed by atoms with E-state index in [1.54, 1.807) is 4.52 Å². The minimum absolute atomic E-state index is 0.570. The topological polar surface area (TPSA) is 43.1 Å². The molecule has 0 spiro atoms. The molecule has 4 aromatic rings. The van der Waals surface area contributed by atoms with E-state index in [9.17, 15) is 0 Å². The molecule has 0 aliphatic heterocycles. The standard InChI is InChI=1S/C22H16Cl2N4/c23-18-10-3-1-6-14(18)12-15-7-5-9-17-20(15)27-22-25-13-26-28(22)21(17)16-8-2-4-11-19(16)24/h1-4,6,8,10-13H,5,7,9H2/b15-12+. The zero-order valence-corrected chi connectivity index (χ0v) is 16.5. The van der Waals surface area contributed by atoms with E-state index in [4.69, 9.17) is 28.2 Å². The Morgan fingerprint density at radius 3 is 2.54 bits per heavy atom. The van der Waals surface area contributed by atoms with Gasteiger partial charge in [-0.1, -0.05) is 59.6 Å². The summed E-state index contributed by atoms with van der Waals surface area (Å²) < 4.78 is 1.79. The van der Waals surface area contributed by atoms with Gasteiger partial charge in [0.25, 0.3) is 5.78 Å². The van der Waals surface area contributed by atoms with Gasteiger partial charge in [-0.3, -0.25) is 0 Å². The van der Waals surface area contributed by atoms with Crippen LogP contribution in [0, 0.1) is 0 Å². The molecular formula is C22H16Cl2N4. The molecule has 2 heterocycles. The van der Waals surface area contributed by atoms with Crippen molar-refractivity contribution in [3.8, 4) is 11.3 Å². The minimum Gasteiger partial charge on any atom is -0.211 e. The third-order valence-electron chi connectivity index (χ3n) is 5.07. The summed E-state index contributed by atoms with van der Waals surface area (Å²) in [6.45, 7) is 0. The van der Waals surface area contributed by atoms with Crippen LogP contribution in [0.4, 0.5) is 0 Å². The monoisotopic (exact) mass is 406 g/mol. The number of hydrogen-bond donors (Lipinski definition) is 0. The van der Waals surface area contributed by atoms with Crippen molar-refractivity contribution in [3.05, 3.63) is 81.7 Å². The van der Waals surface area contributed by atoms with Crippen molar-refractivity contribution in [2.45, 2.75) is 19.3 Å². The van der Waals surface area contributed by atoms with Crippen LogP contribution < -0.4 is 0 Å². The Hall–Kier alpha value is -2.69. The summed E-state index contributed by atoms with van der Waals surface area (Å²) in [5, 5.41) is 5.83. The molecule has 0 unspecified atom stereocenters. The van der Waals surface area contributed by atoms with Gasteiger partial charge in [-0.05, 0) is 48.6 Å². The van der Waals surface area contributed by atoms with Crippen LogP contribution in [0.3, 0.4) is 0 Å². The van der Waals surface area contributed by atoms with Crippen molar-refractivity contribution < 1.29 is 0 Å². The van der Waals surface area contributed by atoms with E-state index < -0.39 is 0 Å². The molecule has 0 bridgehead atoms. The number of allylic oxidation sites excluding steroid dienone is 1. The molecular weight excluding hydrogens is 391 g/mol. The smallest absolute Gasteiger partial charge is 0.211 e. The minimum atomic E-state index is 0.570. The van der Waals surface area contributed by atoms with E-state index in [0.29, 0.717) is 10.8 Å². The Balaban J connectivity index is 1.79. The molecule has 2 aromatic carbocycles. The van der Waals surface area contributed by atoms with Crippen molar-refractivity contribution in [2.24, 2.45) is 0 Å². The van der Waals surface area contributed by atoms with E-state index in [2.05, 4.69) is 16.2 Å². The van der Waals surface area contributed by atoms with Gasteiger partial charge < -0.3 is 0 Å². The average Bonchev–Trinajstić information content (AvgIpc) is 3.17. The molecule has 28 heavy (non-hydrogen) atoms. The molecule has 0 radical (unpaired) electrons. The lowest BCUT2D eigenvalue weighted by molar-refractivity contribution is 0.792. The molecule has 4 nitrogen and oxygen atoms in total. The van der Waals surface area contributed by atoms with E-state index in [1.165, 1.54) is 6.33 Å². The molecule has 5 rings (SSSR count). The van der Waals surface area contributed by atoms with Gasteiger partial charge in [0.1, 0.15) is 6.33 Å². The van der Waals surface area contributed by atoms with Crippen molar-refractivity contribution in [1.82, 2.24) is 19.6 Å². The van der Waals surface area contributed by atoms with Gasteiger partial charge in [0.15, 0.2) is 0 Å². The second-order valence-corrected chi connectivity index (χ2v) is 7.60. The predicted octanol–water partition coefficient (Wildman–Crippen LogP) is 5.98. The Morgan fingerprint density at radius 2 is 1.71 bits per heavy atom. The van der Waals surface area contributed by atoms with Gasteiger partial charge in [-0.2, -0.15) is 14.6 Å². The highest BCUT2D eigenvalue weighted by Crippen LogP contribution is 2.39. The lowest BCUT2D eigenvalue weighted by Gasteiger charge is -2.22. The van der Waals surface area contributed by atoms with Gasteiger partial charge in [0, 0.05) is 21.2 Å². The summed E-state index contributed by atoms with van der Waals surface area (Å²) in [6.07, 6.45) is 6.56. The van der Waals surface area contributed by atoms with Crippen molar-refractivity contribution in [3.63, 3.8) is 0 Å². The largest absolute Gasteiger partial charge is 0.253 e. The Morgan fingerprint density at radius 1 is 0.929 bits per heavy atom. The third kappa shape index (κ3) is 2.89. The van der Waals surface area contributed by atoms with Gasteiger partial charge in [0.05, 0.1) is 11.4 Å². The number of aromatic nitrogens is 4. The maximum atomic E-state index is 6.54. The van der Waals surface area contributed by atoms with Crippen LogP contribution in [0.5, 0.6) is 0 Å². The van der Waals surface area contributed by atoms with Crippen LogP contribution in [0.1, 0.15) is 29.7 Å². The first-order chi connectivity index (χ1) is 13.7. The second kappa shape index (κ2) is 7.04. The molecule has 0 fully saturated rings. The van der Waals surface area contributed by atoms with Crippen molar-refractivity contribution in [2.75, 3.05) is 0 Å². The van der Waals surface area contributed by atoms with Crippen LogP contribution in [0.15, 0.2) is 54.9 Å². The van der Waals surface area contributed by atoms with Gasteiger partial charge in [-0.25, -0.2) is 4.98 Å². The third-order valence-corrected chi connectivity index (χ3v) is 5.74. The first-order valence-electron chi connectivity index (χ1n) is 9.15. The summed E-state index contributed by atoms with van der Waals surface area (Å²) in [6, 6.07) is 15.7. The predicted molar refractivity (Wildman–Crippen MR) is 113 cm³/mol. The summed E-state index contributed by atoms with van der Waals surface area (Å²) in [5.74, 6) is 0.570. The number of fused-ring (bicyclic) bond motifs is 2.